The van der Waals surface area contributed by atoms with Gasteiger partial charge in [-0.05, 0) is 43.3 Å². The molecule has 0 aliphatic carbocycles. The van der Waals surface area contributed by atoms with Crippen LogP contribution in [-0.2, 0) is 13.0 Å². The lowest BCUT2D eigenvalue weighted by Gasteiger charge is -2.28. The number of methoxy groups -OCH3 is 1. The van der Waals surface area contributed by atoms with E-state index in [1.165, 1.54) is 0 Å². The molecular weight excluding hydrogens is 368 g/mol. The van der Waals surface area contributed by atoms with Crippen LogP contribution in [0.15, 0.2) is 53.3 Å². The minimum atomic E-state index is -0.224. The second-order valence-corrected chi connectivity index (χ2v) is 7.04. The number of aromatic amines is 1. The van der Waals surface area contributed by atoms with Gasteiger partial charge in [-0.2, -0.15) is 0 Å². The zero-order chi connectivity index (χ0) is 20.4. The molecule has 0 spiro atoms. The van der Waals surface area contributed by atoms with Gasteiger partial charge in [0.15, 0.2) is 0 Å². The molecule has 2 N–H and O–H groups in total. The van der Waals surface area contributed by atoms with Crippen molar-refractivity contribution in [3.8, 4) is 17.1 Å². The number of rotatable bonds is 3. The Kier molecular flexibility index (Phi) is 5.03. The number of amides is 2. The van der Waals surface area contributed by atoms with Crippen molar-refractivity contribution in [2.45, 2.75) is 19.9 Å². The number of aryl methyl sites for hydroxylation is 1. The quantitative estimate of drug-likeness (QED) is 0.718. The highest BCUT2D eigenvalue weighted by molar-refractivity contribution is 5.89. The number of carbonyl (C=O) groups is 1. The average Bonchev–Trinajstić information content (AvgIpc) is 2.75. The molecule has 29 heavy (non-hydrogen) atoms. The van der Waals surface area contributed by atoms with E-state index >= 15 is 0 Å². The van der Waals surface area contributed by atoms with Crippen molar-refractivity contribution in [2.75, 3.05) is 19.0 Å². The van der Waals surface area contributed by atoms with Crippen molar-refractivity contribution >= 4 is 11.7 Å². The molecule has 0 fully saturated rings. The molecule has 0 saturated heterocycles. The Balaban J connectivity index is 1.52. The Morgan fingerprint density at radius 3 is 2.55 bits per heavy atom. The SMILES string of the molecule is COc1ccc(-c2nc3c(c(=O)[nH]2)CN(C(=O)Nc2ccc(C)cc2)CC3)cc1. The third kappa shape index (κ3) is 3.99. The highest BCUT2D eigenvalue weighted by Gasteiger charge is 2.24. The first-order chi connectivity index (χ1) is 14.0. The van der Waals surface area contributed by atoms with E-state index in [1.54, 1.807) is 12.0 Å². The summed E-state index contributed by atoms with van der Waals surface area (Å²) in [6, 6.07) is 14.7. The van der Waals surface area contributed by atoms with Gasteiger partial charge in [-0.15, -0.1) is 0 Å². The molecule has 1 aromatic heterocycles. The maximum absolute atomic E-state index is 12.7. The standard InChI is InChI=1S/C22H22N4O3/c1-14-3-7-16(8-4-14)23-22(28)26-12-11-19-18(13-26)21(27)25-20(24-19)15-5-9-17(29-2)10-6-15/h3-10H,11-13H2,1-2H3,(H,23,28)(H,24,25,27). The largest absolute Gasteiger partial charge is 0.497 e. The van der Waals surface area contributed by atoms with E-state index in [1.807, 2.05) is 55.5 Å². The predicted molar refractivity (Wildman–Crippen MR) is 111 cm³/mol. The number of nitrogens with zero attached hydrogens (tertiary/aromatic N) is 2. The number of nitrogens with one attached hydrogen (secondary N) is 2. The van der Waals surface area contributed by atoms with Crippen LogP contribution in [0.5, 0.6) is 5.75 Å². The number of anilines is 1. The van der Waals surface area contributed by atoms with Crippen molar-refractivity contribution < 1.29 is 9.53 Å². The maximum atomic E-state index is 12.7. The molecule has 7 nitrogen and oxygen atoms in total. The lowest BCUT2D eigenvalue weighted by Crippen LogP contribution is -2.41. The van der Waals surface area contributed by atoms with Crippen LogP contribution in [0, 0.1) is 6.92 Å². The monoisotopic (exact) mass is 390 g/mol. The summed E-state index contributed by atoms with van der Waals surface area (Å²) in [5, 5.41) is 2.88. The van der Waals surface area contributed by atoms with Crippen LogP contribution >= 0.6 is 0 Å². The summed E-state index contributed by atoms with van der Waals surface area (Å²) in [6.07, 6.45) is 0.531. The van der Waals surface area contributed by atoms with Crippen LogP contribution in [0.1, 0.15) is 16.8 Å². The summed E-state index contributed by atoms with van der Waals surface area (Å²) >= 11 is 0. The van der Waals surface area contributed by atoms with Crippen LogP contribution < -0.4 is 15.6 Å². The number of urea groups is 1. The van der Waals surface area contributed by atoms with Gasteiger partial charge in [0.25, 0.3) is 5.56 Å². The van der Waals surface area contributed by atoms with Crippen molar-refractivity contribution in [2.24, 2.45) is 0 Å². The molecule has 2 aromatic carbocycles. The Morgan fingerprint density at radius 2 is 1.86 bits per heavy atom. The molecule has 0 unspecified atom stereocenters. The van der Waals surface area contributed by atoms with Crippen LogP contribution in [0.3, 0.4) is 0 Å². The topological polar surface area (TPSA) is 87.3 Å². The smallest absolute Gasteiger partial charge is 0.322 e. The lowest BCUT2D eigenvalue weighted by atomic mass is 10.1. The summed E-state index contributed by atoms with van der Waals surface area (Å²) in [6.45, 7) is 2.73. The van der Waals surface area contributed by atoms with E-state index < -0.39 is 0 Å². The average molecular weight is 390 g/mol. The fraction of sp³-hybridized carbons (Fsp3) is 0.227. The van der Waals surface area contributed by atoms with E-state index in [4.69, 9.17) is 4.74 Å². The number of H-pyrrole nitrogens is 1. The van der Waals surface area contributed by atoms with Gasteiger partial charge < -0.3 is 19.9 Å². The molecule has 0 saturated carbocycles. The van der Waals surface area contributed by atoms with Crippen molar-refractivity contribution in [3.05, 3.63) is 75.7 Å². The first-order valence-electron chi connectivity index (χ1n) is 9.42. The van der Waals surface area contributed by atoms with E-state index in [0.29, 0.717) is 24.4 Å². The molecule has 4 rings (SSSR count). The minimum Gasteiger partial charge on any atom is -0.497 e. The fourth-order valence-corrected chi connectivity index (χ4v) is 3.32. The Bertz CT molecular complexity index is 1090. The molecule has 0 radical (unpaired) electrons. The van der Waals surface area contributed by atoms with Crippen molar-refractivity contribution in [1.29, 1.82) is 0 Å². The van der Waals surface area contributed by atoms with Gasteiger partial charge in [0.1, 0.15) is 11.6 Å². The van der Waals surface area contributed by atoms with Crippen molar-refractivity contribution in [1.82, 2.24) is 14.9 Å². The molecule has 0 bridgehead atoms. The van der Waals surface area contributed by atoms with Crippen LogP contribution in [0.2, 0.25) is 0 Å². The van der Waals surface area contributed by atoms with Crippen LogP contribution in [0.4, 0.5) is 10.5 Å². The molecule has 148 valence electrons. The third-order valence-electron chi connectivity index (χ3n) is 5.02. The molecule has 3 aromatic rings. The van der Waals surface area contributed by atoms with Gasteiger partial charge in [0.2, 0.25) is 0 Å². The summed E-state index contributed by atoms with van der Waals surface area (Å²) < 4.78 is 5.17. The summed E-state index contributed by atoms with van der Waals surface area (Å²) in [4.78, 5) is 34.4. The minimum absolute atomic E-state index is 0.214. The second kappa shape index (κ2) is 7.79. The van der Waals surface area contributed by atoms with Gasteiger partial charge in [-0.25, -0.2) is 9.78 Å². The van der Waals surface area contributed by atoms with E-state index in [0.717, 1.165) is 28.3 Å². The summed E-state index contributed by atoms with van der Waals surface area (Å²) in [7, 11) is 1.61. The zero-order valence-corrected chi connectivity index (χ0v) is 16.4. The van der Waals surface area contributed by atoms with Gasteiger partial charge in [-0.1, -0.05) is 17.7 Å². The molecule has 1 aliphatic rings. The van der Waals surface area contributed by atoms with Crippen LogP contribution in [0.25, 0.3) is 11.4 Å². The highest BCUT2D eigenvalue weighted by Crippen LogP contribution is 2.21. The number of hydrogen-bond acceptors (Lipinski definition) is 4. The molecule has 7 heteroatoms. The van der Waals surface area contributed by atoms with Gasteiger partial charge in [0, 0.05) is 24.2 Å². The second-order valence-electron chi connectivity index (χ2n) is 7.04. The Hall–Kier alpha value is -3.61. The van der Waals surface area contributed by atoms with E-state index in [9.17, 15) is 9.59 Å². The zero-order valence-electron chi connectivity index (χ0n) is 16.4. The van der Waals surface area contributed by atoms with Gasteiger partial charge in [0.05, 0.1) is 24.9 Å². The molecular formula is C22H22N4O3. The Morgan fingerprint density at radius 1 is 1.14 bits per heavy atom. The molecule has 2 heterocycles. The van der Waals surface area contributed by atoms with Gasteiger partial charge in [-0.3, -0.25) is 4.79 Å². The number of aromatic nitrogens is 2. The van der Waals surface area contributed by atoms with Crippen molar-refractivity contribution in [3.63, 3.8) is 0 Å². The predicted octanol–water partition coefficient (Wildman–Crippen LogP) is 3.34. The molecule has 1 aliphatic heterocycles. The van der Waals surface area contributed by atoms with E-state index in [-0.39, 0.29) is 18.1 Å². The van der Waals surface area contributed by atoms with Gasteiger partial charge >= 0.3 is 6.03 Å². The highest BCUT2D eigenvalue weighted by atomic mass is 16.5. The maximum Gasteiger partial charge on any atom is 0.322 e. The molecule has 2 amide bonds. The molecule has 0 atom stereocenters. The summed E-state index contributed by atoms with van der Waals surface area (Å²) in [5.74, 6) is 1.26. The first-order valence-corrected chi connectivity index (χ1v) is 9.42. The first kappa shape index (κ1) is 18.7. The lowest BCUT2D eigenvalue weighted by molar-refractivity contribution is 0.205. The summed E-state index contributed by atoms with van der Waals surface area (Å²) in [5.41, 5.74) is 3.72. The van der Waals surface area contributed by atoms with Crippen LogP contribution in [-0.4, -0.2) is 34.6 Å². The number of hydrogen-bond donors (Lipinski definition) is 2. The number of carbonyl (C=O) groups excluding carboxylic acids is 1. The number of ether oxygens (including phenoxy) is 1. The fourth-order valence-electron chi connectivity index (χ4n) is 3.32. The number of benzene rings is 2. The van der Waals surface area contributed by atoms with E-state index in [2.05, 4.69) is 15.3 Å². The Labute approximate surface area is 168 Å². The number of fused-ring (bicyclic) bond motifs is 1. The normalized spacial score (nSPS) is 13.0. The third-order valence-corrected chi connectivity index (χ3v) is 5.02.